The van der Waals surface area contributed by atoms with Gasteiger partial charge >= 0.3 is 0 Å². The summed E-state index contributed by atoms with van der Waals surface area (Å²) < 4.78 is 0. The summed E-state index contributed by atoms with van der Waals surface area (Å²) in [6.07, 6.45) is 5.68. The molecule has 1 aliphatic heterocycles. The third kappa shape index (κ3) is 3.41. The largest absolute Gasteiger partial charge is 0.377 e. The average Bonchev–Trinajstić information content (AvgIpc) is 3.24. The van der Waals surface area contributed by atoms with Crippen LogP contribution in [0.15, 0.2) is 54.6 Å². The molecular weight excluding hydrogens is 358 g/mol. The molecule has 0 saturated carbocycles. The Morgan fingerprint density at radius 2 is 1.79 bits per heavy atom. The van der Waals surface area contributed by atoms with Crippen molar-refractivity contribution in [2.24, 2.45) is 5.92 Å². The SMILES string of the molecule is CCN(CC)c1ccc(C2Nc3c(C(=O)N(C)C)cccc3C3C=CCC32)cc1. The molecule has 0 spiro atoms. The number of carbonyl (C=O) groups is 1. The lowest BCUT2D eigenvalue weighted by atomic mass is 9.76. The van der Waals surface area contributed by atoms with E-state index < -0.39 is 0 Å². The number of nitrogens with one attached hydrogen (secondary N) is 1. The molecule has 2 aromatic carbocycles. The van der Waals surface area contributed by atoms with Crippen LogP contribution in [-0.2, 0) is 0 Å². The molecule has 0 bridgehead atoms. The van der Waals surface area contributed by atoms with E-state index in [1.165, 1.54) is 16.8 Å². The van der Waals surface area contributed by atoms with Crippen molar-refractivity contribution in [1.29, 1.82) is 0 Å². The van der Waals surface area contributed by atoms with E-state index in [1.54, 1.807) is 4.90 Å². The molecule has 1 heterocycles. The number of amides is 1. The first kappa shape index (κ1) is 19.6. The Balaban J connectivity index is 1.72. The highest BCUT2D eigenvalue weighted by Gasteiger charge is 2.39. The van der Waals surface area contributed by atoms with Crippen LogP contribution in [0.1, 0.15) is 53.7 Å². The van der Waals surface area contributed by atoms with E-state index in [1.807, 2.05) is 26.2 Å². The van der Waals surface area contributed by atoms with Crippen LogP contribution >= 0.6 is 0 Å². The second-order valence-corrected chi connectivity index (χ2v) is 8.21. The van der Waals surface area contributed by atoms with Gasteiger partial charge in [-0.05, 0) is 55.5 Å². The minimum atomic E-state index is 0.0467. The molecule has 4 heteroatoms. The monoisotopic (exact) mass is 389 g/mol. The number of benzene rings is 2. The van der Waals surface area contributed by atoms with E-state index in [2.05, 4.69) is 66.5 Å². The van der Waals surface area contributed by atoms with Crippen molar-refractivity contribution < 1.29 is 4.79 Å². The Morgan fingerprint density at radius 3 is 2.45 bits per heavy atom. The normalized spacial score (nSPS) is 21.9. The van der Waals surface area contributed by atoms with E-state index in [0.29, 0.717) is 11.8 Å². The number of carbonyl (C=O) groups excluding carboxylic acids is 1. The van der Waals surface area contributed by atoms with Crippen molar-refractivity contribution in [1.82, 2.24) is 4.90 Å². The number of fused-ring (bicyclic) bond motifs is 3. The predicted molar refractivity (Wildman–Crippen MR) is 121 cm³/mol. The van der Waals surface area contributed by atoms with E-state index in [-0.39, 0.29) is 11.9 Å². The summed E-state index contributed by atoms with van der Waals surface area (Å²) in [6.45, 7) is 6.40. The Bertz CT molecular complexity index is 912. The van der Waals surface area contributed by atoms with Gasteiger partial charge in [0, 0.05) is 38.8 Å². The summed E-state index contributed by atoms with van der Waals surface area (Å²) in [4.78, 5) is 16.8. The van der Waals surface area contributed by atoms with Crippen LogP contribution in [0.5, 0.6) is 0 Å². The minimum absolute atomic E-state index is 0.0467. The maximum atomic E-state index is 12.8. The minimum Gasteiger partial charge on any atom is -0.377 e. The van der Waals surface area contributed by atoms with Crippen molar-refractivity contribution in [3.05, 3.63) is 71.3 Å². The van der Waals surface area contributed by atoms with Crippen LogP contribution in [0, 0.1) is 5.92 Å². The Morgan fingerprint density at radius 1 is 1.07 bits per heavy atom. The highest BCUT2D eigenvalue weighted by Crippen LogP contribution is 2.50. The van der Waals surface area contributed by atoms with Gasteiger partial charge in [0.05, 0.1) is 17.3 Å². The molecule has 1 aliphatic carbocycles. The number of hydrogen-bond donors (Lipinski definition) is 1. The average molecular weight is 390 g/mol. The summed E-state index contributed by atoms with van der Waals surface area (Å²) in [7, 11) is 3.62. The molecule has 0 radical (unpaired) electrons. The van der Waals surface area contributed by atoms with Crippen molar-refractivity contribution in [3.63, 3.8) is 0 Å². The number of anilines is 2. The van der Waals surface area contributed by atoms with Gasteiger partial charge in [0.15, 0.2) is 0 Å². The molecule has 0 saturated heterocycles. The van der Waals surface area contributed by atoms with Crippen molar-refractivity contribution in [3.8, 4) is 0 Å². The number of hydrogen-bond acceptors (Lipinski definition) is 3. The van der Waals surface area contributed by atoms with Gasteiger partial charge in [-0.1, -0.05) is 36.4 Å². The predicted octanol–water partition coefficient (Wildman–Crippen LogP) is 5.06. The van der Waals surface area contributed by atoms with Crippen LogP contribution in [0.25, 0.3) is 0 Å². The van der Waals surface area contributed by atoms with Crippen LogP contribution in [0.4, 0.5) is 11.4 Å². The van der Waals surface area contributed by atoms with Crippen LogP contribution in [0.2, 0.25) is 0 Å². The molecule has 29 heavy (non-hydrogen) atoms. The van der Waals surface area contributed by atoms with Crippen LogP contribution in [0.3, 0.4) is 0 Å². The maximum Gasteiger partial charge on any atom is 0.255 e. The lowest BCUT2D eigenvalue weighted by molar-refractivity contribution is 0.0828. The quantitative estimate of drug-likeness (QED) is 0.726. The fraction of sp³-hybridized carbons (Fsp3) is 0.400. The fourth-order valence-corrected chi connectivity index (χ4v) is 4.85. The van der Waals surface area contributed by atoms with E-state index in [9.17, 15) is 4.79 Å². The molecule has 2 aromatic rings. The summed E-state index contributed by atoms with van der Waals surface area (Å²) >= 11 is 0. The van der Waals surface area contributed by atoms with Crippen LogP contribution < -0.4 is 10.2 Å². The molecule has 0 aromatic heterocycles. The van der Waals surface area contributed by atoms with Crippen molar-refractivity contribution in [2.75, 3.05) is 37.4 Å². The zero-order valence-corrected chi connectivity index (χ0v) is 17.9. The summed E-state index contributed by atoms with van der Waals surface area (Å²) in [5.41, 5.74) is 5.55. The zero-order valence-electron chi connectivity index (χ0n) is 17.9. The second kappa shape index (κ2) is 7.94. The first-order valence-corrected chi connectivity index (χ1v) is 10.7. The number of para-hydroxylation sites is 1. The van der Waals surface area contributed by atoms with E-state index in [4.69, 9.17) is 0 Å². The van der Waals surface area contributed by atoms with Gasteiger partial charge in [-0.3, -0.25) is 4.79 Å². The van der Waals surface area contributed by atoms with Gasteiger partial charge in [0.25, 0.3) is 5.91 Å². The Kier molecular flexibility index (Phi) is 5.35. The smallest absolute Gasteiger partial charge is 0.255 e. The third-order valence-corrected chi connectivity index (χ3v) is 6.41. The van der Waals surface area contributed by atoms with E-state index >= 15 is 0 Å². The van der Waals surface area contributed by atoms with E-state index in [0.717, 1.165) is 30.8 Å². The zero-order chi connectivity index (χ0) is 20.5. The first-order valence-electron chi connectivity index (χ1n) is 10.7. The van der Waals surface area contributed by atoms with Crippen LogP contribution in [-0.4, -0.2) is 38.0 Å². The lowest BCUT2D eigenvalue weighted by Gasteiger charge is -2.38. The van der Waals surface area contributed by atoms with Gasteiger partial charge in [0.2, 0.25) is 0 Å². The number of nitrogens with zero attached hydrogens (tertiary/aromatic N) is 2. The van der Waals surface area contributed by atoms with Gasteiger partial charge in [-0.15, -0.1) is 0 Å². The molecule has 1 N–H and O–H groups in total. The number of rotatable bonds is 5. The molecular formula is C25H31N3O. The molecule has 4 rings (SSSR count). The second-order valence-electron chi connectivity index (χ2n) is 8.21. The molecule has 4 nitrogen and oxygen atoms in total. The maximum absolute atomic E-state index is 12.8. The summed E-state index contributed by atoms with van der Waals surface area (Å²) in [5, 5.41) is 3.76. The van der Waals surface area contributed by atoms with Crippen molar-refractivity contribution >= 4 is 17.3 Å². The highest BCUT2D eigenvalue weighted by atomic mass is 16.2. The fourth-order valence-electron chi connectivity index (χ4n) is 4.85. The van der Waals surface area contributed by atoms with Crippen molar-refractivity contribution in [2.45, 2.75) is 32.2 Å². The van der Waals surface area contributed by atoms with Gasteiger partial charge in [-0.25, -0.2) is 0 Å². The molecule has 1 amide bonds. The van der Waals surface area contributed by atoms with Gasteiger partial charge < -0.3 is 15.1 Å². The molecule has 2 aliphatic rings. The standard InChI is InChI=1S/C25H31N3O/c1-5-28(6-2)18-15-13-17(14-16-18)23-20-10-7-9-19(20)21-11-8-12-22(24(21)26-23)25(29)27(3)4/h7-9,11-16,19-20,23,26H,5-6,10H2,1-4H3. The Labute approximate surface area is 174 Å². The van der Waals surface area contributed by atoms with Gasteiger partial charge in [-0.2, -0.15) is 0 Å². The molecule has 3 atom stereocenters. The highest BCUT2D eigenvalue weighted by molar-refractivity contribution is 6.00. The molecule has 152 valence electrons. The molecule has 3 unspecified atom stereocenters. The molecule has 0 fully saturated rings. The number of allylic oxidation sites excluding steroid dienone is 2. The Hall–Kier alpha value is -2.75. The van der Waals surface area contributed by atoms with Gasteiger partial charge in [0.1, 0.15) is 0 Å². The lowest BCUT2D eigenvalue weighted by Crippen LogP contribution is -2.32. The third-order valence-electron chi connectivity index (χ3n) is 6.41. The summed E-state index contributed by atoms with van der Waals surface area (Å²) in [6, 6.07) is 15.3. The topological polar surface area (TPSA) is 35.6 Å². The first-order chi connectivity index (χ1) is 14.0. The summed E-state index contributed by atoms with van der Waals surface area (Å²) in [5.74, 6) is 0.880.